The number of aryl methyl sites for hydroxylation is 4. The molecule has 0 N–H and O–H groups in total. The van der Waals surface area contributed by atoms with Gasteiger partial charge < -0.3 is 0 Å². The van der Waals surface area contributed by atoms with Gasteiger partial charge in [0.1, 0.15) is 13.1 Å². The van der Waals surface area contributed by atoms with E-state index in [0.717, 1.165) is 26.2 Å². The molecule has 2 heterocycles. The Labute approximate surface area is 167 Å². The van der Waals surface area contributed by atoms with Crippen molar-refractivity contribution in [3.63, 3.8) is 0 Å². The highest BCUT2D eigenvalue weighted by molar-refractivity contribution is 5.73. The molecule has 28 heavy (non-hydrogen) atoms. The summed E-state index contributed by atoms with van der Waals surface area (Å²) >= 11 is 0. The Balaban J connectivity index is 1.55. The number of rotatable bonds is 6. The van der Waals surface area contributed by atoms with Gasteiger partial charge >= 0.3 is 0 Å². The fraction of sp³-hybridized carbons (Fsp3) is 0.333. The Morgan fingerprint density at radius 2 is 1.14 bits per heavy atom. The Morgan fingerprint density at radius 1 is 0.714 bits per heavy atom. The first-order valence-electron chi connectivity index (χ1n) is 10.2. The lowest BCUT2D eigenvalue weighted by Gasteiger charge is -1.95. The summed E-state index contributed by atoms with van der Waals surface area (Å²) in [5.41, 5.74) is 7.83. The lowest BCUT2D eigenvalue weighted by molar-refractivity contribution is -0.666. The van der Waals surface area contributed by atoms with E-state index in [2.05, 4.69) is 107 Å². The standard InChI is InChI=1S/C24H30N4/c1-5-25-17-27(21-11-9-19(3)15-23(21)25)13-7-8-14-28-18-26(6-2)24-16-20(4)10-12-22(24)28/h7-12,15-18H,5-6,13-14H2,1-4H3/q+2/b8-7-. The van der Waals surface area contributed by atoms with E-state index in [4.69, 9.17) is 0 Å². The van der Waals surface area contributed by atoms with E-state index >= 15 is 0 Å². The van der Waals surface area contributed by atoms with E-state index in [-0.39, 0.29) is 0 Å². The van der Waals surface area contributed by atoms with E-state index in [9.17, 15) is 0 Å². The zero-order valence-electron chi connectivity index (χ0n) is 17.4. The van der Waals surface area contributed by atoms with Crippen molar-refractivity contribution in [3.8, 4) is 0 Å². The van der Waals surface area contributed by atoms with Crippen molar-refractivity contribution in [2.24, 2.45) is 0 Å². The molecule has 0 spiro atoms. The third-order valence-electron chi connectivity index (χ3n) is 5.51. The van der Waals surface area contributed by atoms with Crippen LogP contribution >= 0.6 is 0 Å². The zero-order chi connectivity index (χ0) is 19.7. The number of allylic oxidation sites excluding steroid dienone is 2. The maximum atomic E-state index is 2.33. The van der Waals surface area contributed by atoms with Crippen LogP contribution in [0.5, 0.6) is 0 Å². The van der Waals surface area contributed by atoms with Crippen LogP contribution in [-0.4, -0.2) is 9.13 Å². The van der Waals surface area contributed by atoms with E-state index in [1.807, 2.05) is 0 Å². The van der Waals surface area contributed by atoms with E-state index in [0.29, 0.717) is 0 Å². The number of hydrogen-bond acceptors (Lipinski definition) is 0. The van der Waals surface area contributed by atoms with E-state index in [1.54, 1.807) is 0 Å². The molecule has 144 valence electrons. The number of imidazole rings is 2. The molecular formula is C24H30N4+2. The first kappa shape index (κ1) is 18.5. The number of hydrogen-bond donors (Lipinski definition) is 0. The van der Waals surface area contributed by atoms with Crippen LogP contribution in [-0.2, 0) is 26.2 Å². The minimum atomic E-state index is 0.888. The second-order valence-corrected chi connectivity index (χ2v) is 7.56. The summed E-state index contributed by atoms with van der Waals surface area (Å²) < 4.78 is 9.31. The molecule has 0 aliphatic rings. The van der Waals surface area contributed by atoms with Gasteiger partial charge in [-0.2, -0.15) is 0 Å². The molecule has 4 aromatic rings. The van der Waals surface area contributed by atoms with Crippen molar-refractivity contribution in [1.29, 1.82) is 0 Å². The van der Waals surface area contributed by atoms with Gasteiger partial charge in [0.2, 0.25) is 12.7 Å². The molecule has 0 aliphatic heterocycles. The molecule has 0 atom stereocenters. The van der Waals surface area contributed by atoms with Gasteiger partial charge in [0.15, 0.2) is 22.1 Å². The largest absolute Gasteiger partial charge is 0.244 e. The average molecular weight is 375 g/mol. The summed E-state index contributed by atoms with van der Waals surface area (Å²) in [6.07, 6.45) is 9.01. The second kappa shape index (κ2) is 7.63. The van der Waals surface area contributed by atoms with Gasteiger partial charge in [-0.3, -0.25) is 0 Å². The number of nitrogens with zero attached hydrogens (tertiary/aromatic N) is 4. The SMILES string of the molecule is CCn1c[n+](C/C=C\C[n+]2cn(CC)c3cc(C)ccc32)c2ccc(C)cc21. The lowest BCUT2D eigenvalue weighted by Crippen LogP contribution is -2.33. The molecular weight excluding hydrogens is 344 g/mol. The van der Waals surface area contributed by atoms with Gasteiger partial charge in [0.25, 0.3) is 0 Å². The maximum absolute atomic E-state index is 2.33. The monoisotopic (exact) mass is 374 g/mol. The van der Waals surface area contributed by atoms with Gasteiger partial charge in [-0.05, 0) is 75.2 Å². The van der Waals surface area contributed by atoms with Crippen molar-refractivity contribution in [2.45, 2.75) is 53.9 Å². The summed E-state index contributed by atoms with van der Waals surface area (Å²) in [5, 5.41) is 0. The minimum absolute atomic E-state index is 0.888. The smallest absolute Gasteiger partial charge is 0.230 e. The molecule has 0 saturated heterocycles. The van der Waals surface area contributed by atoms with Crippen molar-refractivity contribution >= 4 is 22.1 Å². The van der Waals surface area contributed by atoms with Crippen LogP contribution in [0.3, 0.4) is 0 Å². The highest BCUT2D eigenvalue weighted by Crippen LogP contribution is 2.14. The molecule has 0 saturated carbocycles. The molecule has 4 heteroatoms. The Kier molecular flexibility index (Phi) is 5.03. The number of fused-ring (bicyclic) bond motifs is 2. The Bertz CT molecular complexity index is 1070. The van der Waals surface area contributed by atoms with Gasteiger partial charge in [0.05, 0.1) is 13.1 Å². The maximum Gasteiger partial charge on any atom is 0.244 e. The summed E-state index contributed by atoms with van der Waals surface area (Å²) in [6.45, 7) is 12.5. The van der Waals surface area contributed by atoms with Crippen LogP contribution in [0.15, 0.2) is 61.2 Å². The average Bonchev–Trinajstić information content (AvgIpc) is 3.22. The van der Waals surface area contributed by atoms with Gasteiger partial charge in [-0.1, -0.05) is 12.1 Å². The molecule has 2 aromatic heterocycles. The quantitative estimate of drug-likeness (QED) is 0.357. The molecule has 0 aliphatic carbocycles. The van der Waals surface area contributed by atoms with Crippen LogP contribution in [0.25, 0.3) is 22.1 Å². The summed E-state index contributed by atoms with van der Waals surface area (Å²) in [7, 11) is 0. The summed E-state index contributed by atoms with van der Waals surface area (Å²) in [6, 6.07) is 13.4. The third kappa shape index (κ3) is 3.35. The molecule has 0 fully saturated rings. The van der Waals surface area contributed by atoms with Crippen molar-refractivity contribution in [2.75, 3.05) is 0 Å². The number of benzene rings is 2. The van der Waals surface area contributed by atoms with Crippen molar-refractivity contribution in [1.82, 2.24) is 9.13 Å². The van der Waals surface area contributed by atoms with E-state index in [1.165, 1.54) is 33.2 Å². The molecule has 4 rings (SSSR count). The highest BCUT2D eigenvalue weighted by Gasteiger charge is 2.15. The topological polar surface area (TPSA) is 17.6 Å². The van der Waals surface area contributed by atoms with Crippen molar-refractivity contribution < 1.29 is 9.13 Å². The fourth-order valence-electron chi connectivity index (χ4n) is 3.97. The van der Waals surface area contributed by atoms with Gasteiger partial charge in [-0.25, -0.2) is 18.3 Å². The van der Waals surface area contributed by atoms with Crippen LogP contribution < -0.4 is 9.13 Å². The first-order chi connectivity index (χ1) is 13.6. The predicted octanol–water partition coefficient (Wildman–Crippen LogP) is 4.08. The molecule has 2 aromatic carbocycles. The normalized spacial score (nSPS) is 12.0. The van der Waals surface area contributed by atoms with Crippen LogP contribution in [0.4, 0.5) is 0 Å². The minimum Gasteiger partial charge on any atom is -0.230 e. The van der Waals surface area contributed by atoms with Crippen molar-refractivity contribution in [3.05, 3.63) is 72.3 Å². The third-order valence-corrected chi connectivity index (χ3v) is 5.51. The molecule has 4 nitrogen and oxygen atoms in total. The summed E-state index contributed by atoms with van der Waals surface area (Å²) in [4.78, 5) is 0. The fourth-order valence-corrected chi connectivity index (χ4v) is 3.97. The molecule has 0 amide bonds. The Hall–Kier alpha value is -2.88. The Morgan fingerprint density at radius 3 is 1.54 bits per heavy atom. The molecule has 0 unspecified atom stereocenters. The van der Waals surface area contributed by atoms with Crippen LogP contribution in [0, 0.1) is 13.8 Å². The zero-order valence-corrected chi connectivity index (χ0v) is 17.4. The van der Waals surface area contributed by atoms with Crippen LogP contribution in [0.1, 0.15) is 25.0 Å². The van der Waals surface area contributed by atoms with Gasteiger partial charge in [0, 0.05) is 0 Å². The second-order valence-electron chi connectivity index (χ2n) is 7.56. The lowest BCUT2D eigenvalue weighted by atomic mass is 10.2. The number of aromatic nitrogens is 4. The van der Waals surface area contributed by atoms with E-state index < -0.39 is 0 Å². The predicted molar refractivity (Wildman–Crippen MR) is 114 cm³/mol. The molecule has 0 bridgehead atoms. The molecule has 0 radical (unpaired) electrons. The highest BCUT2D eigenvalue weighted by atomic mass is 15.1. The first-order valence-corrected chi connectivity index (χ1v) is 10.2. The summed E-state index contributed by atoms with van der Waals surface area (Å²) in [5.74, 6) is 0. The van der Waals surface area contributed by atoms with Gasteiger partial charge in [-0.15, -0.1) is 0 Å². The van der Waals surface area contributed by atoms with Crippen LogP contribution in [0.2, 0.25) is 0 Å².